The van der Waals surface area contributed by atoms with Crippen molar-refractivity contribution in [3.8, 4) is 5.75 Å². The molecule has 0 unspecified atom stereocenters. The second kappa shape index (κ2) is 6.20. The third-order valence-electron chi connectivity index (χ3n) is 2.99. The molecule has 0 atom stereocenters. The molecule has 1 aromatic heterocycles. The number of ether oxygens (including phenoxy) is 1. The fourth-order valence-corrected chi connectivity index (χ4v) is 1.90. The van der Waals surface area contributed by atoms with E-state index in [0.717, 1.165) is 16.9 Å². The molecule has 0 fully saturated rings. The molecule has 4 nitrogen and oxygen atoms in total. The van der Waals surface area contributed by atoms with Crippen LogP contribution in [0.3, 0.4) is 0 Å². The van der Waals surface area contributed by atoms with Gasteiger partial charge in [0.25, 0.3) is 5.56 Å². The standard InChI is InChI=1S/C15H18N2O2/c1-12-5-4-8-17(15(12)18)9-10-19-14-7-3-2-6-13(14)11-16/h2-8H,9-11,16H2,1H3. The summed E-state index contributed by atoms with van der Waals surface area (Å²) in [5.74, 6) is 0.783. The van der Waals surface area contributed by atoms with E-state index in [2.05, 4.69) is 0 Å². The lowest BCUT2D eigenvalue weighted by Gasteiger charge is -2.11. The molecule has 0 saturated carbocycles. The van der Waals surface area contributed by atoms with Crippen LogP contribution in [0, 0.1) is 6.92 Å². The van der Waals surface area contributed by atoms with Gasteiger partial charge < -0.3 is 15.0 Å². The van der Waals surface area contributed by atoms with Crippen LogP contribution >= 0.6 is 0 Å². The van der Waals surface area contributed by atoms with E-state index in [4.69, 9.17) is 10.5 Å². The van der Waals surface area contributed by atoms with Crippen LogP contribution in [-0.2, 0) is 13.1 Å². The van der Waals surface area contributed by atoms with Crippen molar-refractivity contribution in [3.05, 3.63) is 64.1 Å². The highest BCUT2D eigenvalue weighted by Gasteiger charge is 2.02. The van der Waals surface area contributed by atoms with Crippen LogP contribution in [0.2, 0.25) is 0 Å². The number of benzene rings is 1. The first-order valence-corrected chi connectivity index (χ1v) is 6.29. The van der Waals surface area contributed by atoms with Gasteiger partial charge in [0.1, 0.15) is 12.4 Å². The summed E-state index contributed by atoms with van der Waals surface area (Å²) in [5.41, 5.74) is 7.38. The Labute approximate surface area is 112 Å². The third-order valence-corrected chi connectivity index (χ3v) is 2.99. The Morgan fingerprint density at radius 2 is 2.00 bits per heavy atom. The lowest BCUT2D eigenvalue weighted by molar-refractivity contribution is 0.293. The Morgan fingerprint density at radius 1 is 1.21 bits per heavy atom. The number of hydrogen-bond donors (Lipinski definition) is 1. The highest BCUT2D eigenvalue weighted by molar-refractivity contribution is 5.32. The lowest BCUT2D eigenvalue weighted by Crippen LogP contribution is -2.24. The number of para-hydroxylation sites is 1. The summed E-state index contributed by atoms with van der Waals surface area (Å²) in [4.78, 5) is 11.8. The summed E-state index contributed by atoms with van der Waals surface area (Å²) in [7, 11) is 0. The Balaban J connectivity index is 2.00. The van der Waals surface area contributed by atoms with Crippen LogP contribution in [-0.4, -0.2) is 11.2 Å². The van der Waals surface area contributed by atoms with Gasteiger partial charge >= 0.3 is 0 Å². The van der Waals surface area contributed by atoms with Crippen molar-refractivity contribution in [1.82, 2.24) is 4.57 Å². The SMILES string of the molecule is Cc1cccn(CCOc2ccccc2CN)c1=O. The van der Waals surface area contributed by atoms with Gasteiger partial charge in [-0.1, -0.05) is 24.3 Å². The van der Waals surface area contributed by atoms with Crippen molar-refractivity contribution in [2.75, 3.05) is 6.61 Å². The summed E-state index contributed by atoms with van der Waals surface area (Å²) < 4.78 is 7.34. The molecule has 0 aliphatic carbocycles. The maximum absolute atomic E-state index is 11.8. The first kappa shape index (κ1) is 13.4. The first-order chi connectivity index (χ1) is 9.22. The van der Waals surface area contributed by atoms with Gasteiger partial charge in [-0.2, -0.15) is 0 Å². The van der Waals surface area contributed by atoms with Crippen LogP contribution in [0.1, 0.15) is 11.1 Å². The summed E-state index contributed by atoms with van der Waals surface area (Å²) in [6.45, 7) is 3.23. The molecule has 100 valence electrons. The number of pyridine rings is 1. The third kappa shape index (κ3) is 3.23. The fourth-order valence-electron chi connectivity index (χ4n) is 1.90. The van der Waals surface area contributed by atoms with Crippen molar-refractivity contribution in [1.29, 1.82) is 0 Å². The number of rotatable bonds is 5. The molecular weight excluding hydrogens is 240 g/mol. The Bertz CT molecular complexity index is 605. The van der Waals surface area contributed by atoms with E-state index in [1.807, 2.05) is 43.3 Å². The van der Waals surface area contributed by atoms with Crippen molar-refractivity contribution in [2.45, 2.75) is 20.0 Å². The largest absolute Gasteiger partial charge is 0.491 e. The number of nitrogens with two attached hydrogens (primary N) is 1. The average Bonchev–Trinajstić information content (AvgIpc) is 2.44. The number of nitrogens with zero attached hydrogens (tertiary/aromatic N) is 1. The van der Waals surface area contributed by atoms with Gasteiger partial charge in [-0.25, -0.2) is 0 Å². The minimum absolute atomic E-state index is 0.0261. The highest BCUT2D eigenvalue weighted by atomic mass is 16.5. The predicted molar refractivity (Wildman–Crippen MR) is 75.3 cm³/mol. The molecule has 2 N–H and O–H groups in total. The Morgan fingerprint density at radius 3 is 2.79 bits per heavy atom. The van der Waals surface area contributed by atoms with Crippen LogP contribution in [0.4, 0.5) is 0 Å². The summed E-state index contributed by atoms with van der Waals surface area (Å²) in [6.07, 6.45) is 1.77. The quantitative estimate of drug-likeness (QED) is 0.888. The monoisotopic (exact) mass is 258 g/mol. The minimum Gasteiger partial charge on any atom is -0.491 e. The van der Waals surface area contributed by atoms with Gasteiger partial charge in [-0.05, 0) is 19.1 Å². The van der Waals surface area contributed by atoms with Crippen LogP contribution in [0.5, 0.6) is 5.75 Å². The second-order valence-corrected chi connectivity index (χ2v) is 4.35. The maximum atomic E-state index is 11.8. The van der Waals surface area contributed by atoms with Crippen LogP contribution < -0.4 is 16.0 Å². The zero-order valence-corrected chi connectivity index (χ0v) is 11.0. The van der Waals surface area contributed by atoms with E-state index in [-0.39, 0.29) is 5.56 Å². The van der Waals surface area contributed by atoms with E-state index in [1.54, 1.807) is 10.8 Å². The molecule has 19 heavy (non-hydrogen) atoms. The number of hydrogen-bond acceptors (Lipinski definition) is 3. The average molecular weight is 258 g/mol. The minimum atomic E-state index is 0.0261. The molecule has 4 heteroatoms. The van der Waals surface area contributed by atoms with Gasteiger partial charge in [0.05, 0.1) is 6.54 Å². The molecule has 0 amide bonds. The number of aromatic nitrogens is 1. The van der Waals surface area contributed by atoms with E-state index in [1.165, 1.54) is 0 Å². The molecule has 2 rings (SSSR count). The lowest BCUT2D eigenvalue weighted by atomic mass is 10.2. The van der Waals surface area contributed by atoms with Crippen molar-refractivity contribution < 1.29 is 4.74 Å². The van der Waals surface area contributed by atoms with Crippen molar-refractivity contribution in [2.24, 2.45) is 5.73 Å². The smallest absolute Gasteiger partial charge is 0.253 e. The van der Waals surface area contributed by atoms with Crippen LogP contribution in [0.25, 0.3) is 0 Å². The van der Waals surface area contributed by atoms with E-state index >= 15 is 0 Å². The second-order valence-electron chi connectivity index (χ2n) is 4.35. The molecule has 1 aromatic carbocycles. The molecule has 0 aliphatic rings. The molecule has 0 saturated heterocycles. The van der Waals surface area contributed by atoms with E-state index in [0.29, 0.717) is 19.7 Å². The van der Waals surface area contributed by atoms with Crippen LogP contribution in [0.15, 0.2) is 47.4 Å². The van der Waals surface area contributed by atoms with Gasteiger partial charge in [0.15, 0.2) is 0 Å². The highest BCUT2D eigenvalue weighted by Crippen LogP contribution is 2.16. The summed E-state index contributed by atoms with van der Waals surface area (Å²) >= 11 is 0. The van der Waals surface area contributed by atoms with Gasteiger partial charge in [-0.3, -0.25) is 4.79 Å². The summed E-state index contributed by atoms with van der Waals surface area (Å²) in [5, 5.41) is 0. The zero-order chi connectivity index (χ0) is 13.7. The molecule has 0 radical (unpaired) electrons. The maximum Gasteiger partial charge on any atom is 0.253 e. The van der Waals surface area contributed by atoms with Gasteiger partial charge in [0, 0.05) is 23.9 Å². The molecule has 1 heterocycles. The number of aryl methyl sites for hydroxylation is 1. The van der Waals surface area contributed by atoms with E-state index in [9.17, 15) is 4.79 Å². The normalized spacial score (nSPS) is 10.4. The molecular formula is C15H18N2O2. The van der Waals surface area contributed by atoms with Crippen molar-refractivity contribution >= 4 is 0 Å². The summed E-state index contributed by atoms with van der Waals surface area (Å²) in [6, 6.07) is 11.3. The molecule has 0 aliphatic heterocycles. The van der Waals surface area contributed by atoms with Gasteiger partial charge in [-0.15, -0.1) is 0 Å². The van der Waals surface area contributed by atoms with Crippen molar-refractivity contribution in [3.63, 3.8) is 0 Å². The molecule has 0 spiro atoms. The molecule has 2 aromatic rings. The topological polar surface area (TPSA) is 57.2 Å². The fraction of sp³-hybridized carbons (Fsp3) is 0.267. The van der Waals surface area contributed by atoms with Gasteiger partial charge in [0.2, 0.25) is 0 Å². The van der Waals surface area contributed by atoms with E-state index < -0.39 is 0 Å². The first-order valence-electron chi connectivity index (χ1n) is 6.29. The predicted octanol–water partition coefficient (Wildman–Crippen LogP) is 1.69. The molecule has 0 bridgehead atoms. The Kier molecular flexibility index (Phi) is 4.36. The zero-order valence-electron chi connectivity index (χ0n) is 11.0. The Hall–Kier alpha value is -2.07.